The molecule has 1 saturated carbocycles. The lowest BCUT2D eigenvalue weighted by atomic mass is 9.88. The normalized spacial score (nSPS) is 20.1. The van der Waals surface area contributed by atoms with Crippen molar-refractivity contribution in [2.45, 2.75) is 78.7 Å². The van der Waals surface area contributed by atoms with Gasteiger partial charge in [-0.25, -0.2) is 0 Å². The number of nitrogens with one attached hydrogen (secondary N) is 3. The van der Waals surface area contributed by atoms with Crippen LogP contribution >= 0.6 is 24.0 Å². The van der Waals surface area contributed by atoms with E-state index in [0.29, 0.717) is 19.1 Å². The molecule has 1 saturated heterocycles. The number of rotatable bonds is 7. The summed E-state index contributed by atoms with van der Waals surface area (Å²) in [5, 5.41) is 9.90. The molecule has 0 unspecified atom stereocenters. The standard InChI is InChI=1S/C22H43N5O.HI/c1-5-23-21(25-14-13-24-20(28)22(2,3)4)26-19-11-15-27(16-12-19)17-18-9-7-6-8-10-18;/h18-19H,5-17H2,1-4H3,(H,24,28)(H2,23,25,26);1H. The molecule has 1 aliphatic heterocycles. The van der Waals surface area contributed by atoms with Gasteiger partial charge in [-0.15, -0.1) is 24.0 Å². The summed E-state index contributed by atoms with van der Waals surface area (Å²) in [7, 11) is 0. The Morgan fingerprint density at radius 1 is 1.03 bits per heavy atom. The summed E-state index contributed by atoms with van der Waals surface area (Å²) < 4.78 is 0. The maximum absolute atomic E-state index is 11.9. The maximum Gasteiger partial charge on any atom is 0.225 e. The lowest BCUT2D eigenvalue weighted by molar-refractivity contribution is -0.128. The molecule has 2 rings (SSSR count). The summed E-state index contributed by atoms with van der Waals surface area (Å²) >= 11 is 0. The van der Waals surface area contributed by atoms with E-state index in [9.17, 15) is 4.79 Å². The van der Waals surface area contributed by atoms with Crippen molar-refractivity contribution >= 4 is 35.8 Å². The Morgan fingerprint density at radius 2 is 1.69 bits per heavy atom. The van der Waals surface area contributed by atoms with E-state index in [1.807, 2.05) is 20.8 Å². The zero-order valence-corrected chi connectivity index (χ0v) is 21.4. The van der Waals surface area contributed by atoms with Gasteiger partial charge in [-0.3, -0.25) is 9.79 Å². The quantitative estimate of drug-likeness (QED) is 0.208. The van der Waals surface area contributed by atoms with Crippen molar-refractivity contribution in [2.75, 3.05) is 39.3 Å². The van der Waals surface area contributed by atoms with Crippen LogP contribution in [-0.2, 0) is 4.79 Å². The zero-order chi connectivity index (χ0) is 20.4. The summed E-state index contributed by atoms with van der Waals surface area (Å²) in [6, 6.07) is 0.490. The highest BCUT2D eigenvalue weighted by molar-refractivity contribution is 14.0. The number of hydrogen-bond donors (Lipinski definition) is 3. The number of hydrogen-bond acceptors (Lipinski definition) is 3. The van der Waals surface area contributed by atoms with Gasteiger partial charge in [0, 0.05) is 44.2 Å². The van der Waals surface area contributed by atoms with E-state index in [0.717, 1.165) is 18.4 Å². The minimum atomic E-state index is -0.349. The minimum absolute atomic E-state index is 0. The first kappa shape index (κ1) is 26.5. The first-order valence-electron chi connectivity index (χ1n) is 11.4. The van der Waals surface area contributed by atoms with Gasteiger partial charge in [0.05, 0.1) is 6.54 Å². The molecule has 1 aliphatic carbocycles. The second-order valence-corrected chi connectivity index (χ2v) is 9.49. The van der Waals surface area contributed by atoms with Crippen molar-refractivity contribution in [2.24, 2.45) is 16.3 Å². The number of piperidine rings is 1. The topological polar surface area (TPSA) is 68.8 Å². The fraction of sp³-hybridized carbons (Fsp3) is 0.909. The number of amides is 1. The van der Waals surface area contributed by atoms with Crippen LogP contribution in [0.1, 0.15) is 72.6 Å². The predicted molar refractivity (Wildman–Crippen MR) is 133 cm³/mol. The molecule has 7 heteroatoms. The molecule has 0 aromatic rings. The van der Waals surface area contributed by atoms with Gasteiger partial charge < -0.3 is 20.9 Å². The fourth-order valence-electron chi connectivity index (χ4n) is 4.11. The van der Waals surface area contributed by atoms with Crippen LogP contribution in [-0.4, -0.2) is 62.1 Å². The Bertz CT molecular complexity index is 492. The van der Waals surface area contributed by atoms with E-state index >= 15 is 0 Å². The smallest absolute Gasteiger partial charge is 0.225 e. The van der Waals surface area contributed by atoms with Crippen LogP contribution in [0.2, 0.25) is 0 Å². The fourth-order valence-corrected chi connectivity index (χ4v) is 4.11. The Labute approximate surface area is 195 Å². The molecule has 0 bridgehead atoms. The number of carbonyl (C=O) groups excluding carboxylic acids is 1. The molecule has 170 valence electrons. The van der Waals surface area contributed by atoms with Crippen molar-refractivity contribution in [1.29, 1.82) is 0 Å². The van der Waals surface area contributed by atoms with Crippen LogP contribution < -0.4 is 16.0 Å². The molecule has 3 N–H and O–H groups in total. The van der Waals surface area contributed by atoms with Crippen LogP contribution in [0.3, 0.4) is 0 Å². The lowest BCUT2D eigenvalue weighted by Gasteiger charge is -2.36. The first-order chi connectivity index (χ1) is 13.4. The summed E-state index contributed by atoms with van der Waals surface area (Å²) in [5.74, 6) is 1.88. The van der Waals surface area contributed by atoms with Crippen molar-refractivity contribution in [3.05, 3.63) is 0 Å². The molecule has 1 heterocycles. The van der Waals surface area contributed by atoms with Crippen LogP contribution in [0, 0.1) is 11.3 Å². The van der Waals surface area contributed by atoms with E-state index in [1.54, 1.807) is 0 Å². The Morgan fingerprint density at radius 3 is 2.28 bits per heavy atom. The number of halogens is 1. The molecule has 1 amide bonds. The number of guanidine groups is 1. The predicted octanol–water partition coefficient (Wildman–Crippen LogP) is 3.37. The van der Waals surface area contributed by atoms with Crippen molar-refractivity contribution < 1.29 is 4.79 Å². The Hall–Kier alpha value is -0.570. The van der Waals surface area contributed by atoms with Crippen molar-refractivity contribution in [1.82, 2.24) is 20.9 Å². The third-order valence-corrected chi connectivity index (χ3v) is 5.86. The van der Waals surface area contributed by atoms with E-state index in [2.05, 4.69) is 32.8 Å². The van der Waals surface area contributed by atoms with Crippen molar-refractivity contribution in [3.63, 3.8) is 0 Å². The summed E-state index contributed by atoms with van der Waals surface area (Å²) in [5.41, 5.74) is -0.349. The highest BCUT2D eigenvalue weighted by Crippen LogP contribution is 2.25. The number of likely N-dealkylation sites (tertiary alicyclic amines) is 1. The van der Waals surface area contributed by atoms with Gasteiger partial charge >= 0.3 is 0 Å². The second-order valence-electron chi connectivity index (χ2n) is 9.49. The van der Waals surface area contributed by atoms with E-state index in [1.165, 1.54) is 64.6 Å². The van der Waals surface area contributed by atoms with Crippen LogP contribution in [0.4, 0.5) is 0 Å². The number of aliphatic imine (C=N–C) groups is 1. The van der Waals surface area contributed by atoms with Crippen LogP contribution in [0.15, 0.2) is 4.99 Å². The van der Waals surface area contributed by atoms with Crippen LogP contribution in [0.25, 0.3) is 0 Å². The Balaban J connectivity index is 0.00000420. The van der Waals surface area contributed by atoms with Gasteiger partial charge in [-0.2, -0.15) is 0 Å². The van der Waals surface area contributed by atoms with Crippen molar-refractivity contribution in [3.8, 4) is 0 Å². The Kier molecular flexibility index (Phi) is 12.5. The molecular weight excluding hydrogens is 477 g/mol. The number of nitrogens with zero attached hydrogens (tertiary/aromatic N) is 2. The number of carbonyl (C=O) groups is 1. The molecular formula is C22H44IN5O. The van der Waals surface area contributed by atoms with Crippen LogP contribution in [0.5, 0.6) is 0 Å². The maximum atomic E-state index is 11.9. The SMILES string of the molecule is CCNC(=NCCNC(=O)C(C)(C)C)NC1CCN(CC2CCCCC2)CC1.I. The molecule has 29 heavy (non-hydrogen) atoms. The third kappa shape index (κ3) is 10.3. The average Bonchev–Trinajstić information content (AvgIpc) is 2.66. The molecule has 2 aliphatic rings. The second kappa shape index (κ2) is 13.7. The monoisotopic (exact) mass is 521 g/mol. The molecule has 0 atom stereocenters. The first-order valence-corrected chi connectivity index (χ1v) is 11.4. The molecule has 0 radical (unpaired) electrons. The average molecular weight is 522 g/mol. The van der Waals surface area contributed by atoms with Gasteiger partial charge in [-0.05, 0) is 38.5 Å². The van der Waals surface area contributed by atoms with Gasteiger partial charge in [0.25, 0.3) is 0 Å². The molecule has 6 nitrogen and oxygen atoms in total. The third-order valence-electron chi connectivity index (χ3n) is 5.86. The van der Waals surface area contributed by atoms with Gasteiger partial charge in [0.15, 0.2) is 5.96 Å². The highest BCUT2D eigenvalue weighted by Gasteiger charge is 2.23. The van der Waals surface area contributed by atoms with E-state index in [-0.39, 0.29) is 35.3 Å². The van der Waals surface area contributed by atoms with E-state index in [4.69, 9.17) is 0 Å². The lowest BCUT2D eigenvalue weighted by Crippen LogP contribution is -2.49. The zero-order valence-electron chi connectivity index (χ0n) is 19.1. The van der Waals surface area contributed by atoms with Gasteiger partial charge in [0.1, 0.15) is 0 Å². The summed E-state index contributed by atoms with van der Waals surface area (Å²) in [6.07, 6.45) is 9.52. The van der Waals surface area contributed by atoms with E-state index < -0.39 is 0 Å². The molecule has 0 spiro atoms. The minimum Gasteiger partial charge on any atom is -0.357 e. The highest BCUT2D eigenvalue weighted by atomic mass is 127. The molecule has 0 aromatic carbocycles. The van der Waals surface area contributed by atoms with Gasteiger partial charge in [0.2, 0.25) is 5.91 Å². The summed E-state index contributed by atoms with van der Waals surface area (Å²) in [6.45, 7) is 13.6. The largest absolute Gasteiger partial charge is 0.357 e. The molecule has 2 fully saturated rings. The van der Waals surface area contributed by atoms with Gasteiger partial charge in [-0.1, -0.05) is 40.0 Å². The molecule has 0 aromatic heterocycles. The summed E-state index contributed by atoms with van der Waals surface area (Å²) in [4.78, 5) is 19.2.